The minimum atomic E-state index is 0.317. The van der Waals surface area contributed by atoms with Gasteiger partial charge in [0, 0.05) is 17.7 Å². The summed E-state index contributed by atoms with van der Waals surface area (Å²) in [6, 6.07) is 4.12. The minimum absolute atomic E-state index is 0.317. The molecule has 0 unspecified atom stereocenters. The van der Waals surface area contributed by atoms with Crippen LogP contribution in [0.4, 0.5) is 0 Å². The predicted molar refractivity (Wildman–Crippen MR) is 74.1 cm³/mol. The van der Waals surface area contributed by atoms with E-state index in [4.69, 9.17) is 4.74 Å². The molecule has 0 bridgehead atoms. The van der Waals surface area contributed by atoms with Crippen LogP contribution in [0.15, 0.2) is 17.5 Å². The molecule has 0 aromatic carbocycles. The molecule has 100 valence electrons. The lowest BCUT2D eigenvalue weighted by molar-refractivity contribution is -0.120. The molecule has 3 nitrogen and oxygen atoms in total. The number of carbonyl (C=O) groups is 1. The summed E-state index contributed by atoms with van der Waals surface area (Å²) in [5.41, 5.74) is 0. The zero-order valence-corrected chi connectivity index (χ0v) is 11.5. The van der Waals surface area contributed by atoms with Gasteiger partial charge < -0.3 is 10.1 Å². The van der Waals surface area contributed by atoms with Gasteiger partial charge in [-0.15, -0.1) is 11.3 Å². The molecule has 18 heavy (non-hydrogen) atoms. The fourth-order valence-corrected chi connectivity index (χ4v) is 2.85. The predicted octanol–water partition coefficient (Wildman–Crippen LogP) is 2.41. The van der Waals surface area contributed by atoms with Gasteiger partial charge in [0.15, 0.2) is 0 Å². The number of hydrogen-bond acceptors (Lipinski definition) is 4. The van der Waals surface area contributed by atoms with Crippen molar-refractivity contribution in [1.82, 2.24) is 5.32 Å². The van der Waals surface area contributed by atoms with Crippen LogP contribution in [0.3, 0.4) is 0 Å². The van der Waals surface area contributed by atoms with Crippen LogP contribution in [0.5, 0.6) is 0 Å². The number of nitrogens with one attached hydrogen (secondary N) is 1. The van der Waals surface area contributed by atoms with Crippen molar-refractivity contribution >= 4 is 17.1 Å². The van der Waals surface area contributed by atoms with Crippen LogP contribution in [-0.2, 0) is 16.0 Å². The second-order valence-electron chi connectivity index (χ2n) is 4.69. The molecule has 0 amide bonds. The van der Waals surface area contributed by atoms with E-state index in [9.17, 15) is 4.79 Å². The number of ketones is 1. The van der Waals surface area contributed by atoms with Crippen LogP contribution in [0.2, 0.25) is 0 Å². The van der Waals surface area contributed by atoms with E-state index in [1.165, 1.54) is 4.88 Å². The molecule has 1 aromatic rings. The molecule has 1 N–H and O–H groups in total. The largest absolute Gasteiger partial charge is 0.378 e. The van der Waals surface area contributed by atoms with Gasteiger partial charge in [0.25, 0.3) is 0 Å². The SMILES string of the molecule is O=C(CCOC1CCNCC1)CCc1cccs1. The molecular weight excluding hydrogens is 246 g/mol. The Hall–Kier alpha value is -0.710. The Kier molecular flexibility index (Phi) is 5.84. The summed E-state index contributed by atoms with van der Waals surface area (Å²) in [6.45, 7) is 2.67. The molecule has 0 spiro atoms. The summed E-state index contributed by atoms with van der Waals surface area (Å²) in [4.78, 5) is 13.0. The van der Waals surface area contributed by atoms with Crippen LogP contribution in [-0.4, -0.2) is 31.6 Å². The van der Waals surface area contributed by atoms with Crippen molar-refractivity contribution in [2.45, 2.75) is 38.2 Å². The zero-order chi connectivity index (χ0) is 12.6. The second kappa shape index (κ2) is 7.67. The molecule has 1 saturated heterocycles. The van der Waals surface area contributed by atoms with E-state index in [0.717, 1.165) is 32.4 Å². The van der Waals surface area contributed by atoms with Gasteiger partial charge in [-0.05, 0) is 43.8 Å². The van der Waals surface area contributed by atoms with Gasteiger partial charge in [-0.3, -0.25) is 4.79 Å². The van der Waals surface area contributed by atoms with Gasteiger partial charge in [0.05, 0.1) is 12.7 Å². The van der Waals surface area contributed by atoms with E-state index in [0.29, 0.717) is 31.3 Å². The molecule has 0 radical (unpaired) electrons. The monoisotopic (exact) mass is 267 g/mol. The van der Waals surface area contributed by atoms with Gasteiger partial charge >= 0.3 is 0 Å². The Labute approximate surface area is 113 Å². The number of ether oxygens (including phenoxy) is 1. The highest BCUT2D eigenvalue weighted by atomic mass is 32.1. The van der Waals surface area contributed by atoms with Crippen molar-refractivity contribution in [1.29, 1.82) is 0 Å². The molecule has 1 aromatic heterocycles. The van der Waals surface area contributed by atoms with Crippen LogP contribution in [0.25, 0.3) is 0 Å². The highest BCUT2D eigenvalue weighted by Gasteiger charge is 2.13. The van der Waals surface area contributed by atoms with Gasteiger partial charge in [-0.25, -0.2) is 0 Å². The lowest BCUT2D eigenvalue weighted by atomic mass is 10.1. The van der Waals surface area contributed by atoms with Crippen LogP contribution < -0.4 is 5.32 Å². The lowest BCUT2D eigenvalue weighted by Gasteiger charge is -2.22. The maximum absolute atomic E-state index is 11.7. The van der Waals surface area contributed by atoms with Crippen molar-refractivity contribution in [3.05, 3.63) is 22.4 Å². The molecular formula is C14H21NO2S. The van der Waals surface area contributed by atoms with E-state index < -0.39 is 0 Å². The van der Waals surface area contributed by atoms with Crippen molar-refractivity contribution in [2.75, 3.05) is 19.7 Å². The third-order valence-corrected chi connectivity index (χ3v) is 4.19. The Morgan fingerprint density at radius 2 is 2.22 bits per heavy atom. The number of Topliss-reactive ketones (excluding diaryl/α,β-unsaturated/α-hetero) is 1. The van der Waals surface area contributed by atoms with Crippen LogP contribution in [0, 0.1) is 0 Å². The van der Waals surface area contributed by atoms with Crippen molar-refractivity contribution in [3.63, 3.8) is 0 Å². The maximum atomic E-state index is 11.7. The van der Waals surface area contributed by atoms with Gasteiger partial charge in [0.2, 0.25) is 0 Å². The zero-order valence-electron chi connectivity index (χ0n) is 10.7. The van der Waals surface area contributed by atoms with E-state index >= 15 is 0 Å². The third kappa shape index (κ3) is 4.88. The topological polar surface area (TPSA) is 38.3 Å². The highest BCUT2D eigenvalue weighted by molar-refractivity contribution is 7.09. The number of aryl methyl sites for hydroxylation is 1. The summed E-state index contributed by atoms with van der Waals surface area (Å²) in [5, 5.41) is 5.36. The summed E-state index contributed by atoms with van der Waals surface area (Å²) < 4.78 is 5.73. The van der Waals surface area contributed by atoms with Gasteiger partial charge in [0.1, 0.15) is 5.78 Å². The first kappa shape index (κ1) is 13.7. The smallest absolute Gasteiger partial charge is 0.135 e. The summed E-state index contributed by atoms with van der Waals surface area (Å²) in [5.74, 6) is 0.317. The molecule has 0 saturated carbocycles. The first-order valence-corrected chi connectivity index (χ1v) is 7.59. The summed E-state index contributed by atoms with van der Waals surface area (Å²) >= 11 is 1.72. The summed E-state index contributed by atoms with van der Waals surface area (Å²) in [7, 11) is 0. The number of piperidine rings is 1. The Bertz CT molecular complexity index is 345. The fourth-order valence-electron chi connectivity index (χ4n) is 2.14. The lowest BCUT2D eigenvalue weighted by Crippen LogP contribution is -2.32. The number of carbonyl (C=O) groups excluding carboxylic acids is 1. The molecule has 0 atom stereocenters. The fraction of sp³-hybridized carbons (Fsp3) is 0.643. The average molecular weight is 267 g/mol. The van der Waals surface area contributed by atoms with E-state index in [1.807, 2.05) is 6.07 Å². The van der Waals surface area contributed by atoms with Gasteiger partial charge in [-0.1, -0.05) is 6.07 Å². The quantitative estimate of drug-likeness (QED) is 0.824. The average Bonchev–Trinajstić information content (AvgIpc) is 2.91. The third-order valence-electron chi connectivity index (χ3n) is 3.25. The number of hydrogen-bond donors (Lipinski definition) is 1. The van der Waals surface area contributed by atoms with Crippen LogP contribution >= 0.6 is 11.3 Å². The molecule has 0 aliphatic carbocycles. The van der Waals surface area contributed by atoms with Crippen molar-refractivity contribution < 1.29 is 9.53 Å². The minimum Gasteiger partial charge on any atom is -0.378 e. The van der Waals surface area contributed by atoms with E-state index in [-0.39, 0.29) is 0 Å². The molecule has 2 rings (SSSR count). The van der Waals surface area contributed by atoms with Crippen molar-refractivity contribution in [2.24, 2.45) is 0 Å². The summed E-state index contributed by atoms with van der Waals surface area (Å²) in [6.07, 6.45) is 4.60. The first-order valence-electron chi connectivity index (χ1n) is 6.71. The first-order chi connectivity index (χ1) is 8.84. The molecule has 4 heteroatoms. The Morgan fingerprint density at radius 3 is 2.94 bits per heavy atom. The van der Waals surface area contributed by atoms with E-state index in [2.05, 4.69) is 16.8 Å². The number of thiophene rings is 1. The van der Waals surface area contributed by atoms with E-state index in [1.54, 1.807) is 11.3 Å². The normalized spacial score (nSPS) is 16.9. The van der Waals surface area contributed by atoms with Crippen LogP contribution in [0.1, 0.15) is 30.6 Å². The molecule has 1 aliphatic rings. The maximum Gasteiger partial charge on any atom is 0.135 e. The molecule has 1 fully saturated rings. The second-order valence-corrected chi connectivity index (χ2v) is 5.72. The number of rotatable bonds is 7. The van der Waals surface area contributed by atoms with Gasteiger partial charge in [-0.2, -0.15) is 0 Å². The standard InChI is InChI=1S/C14H21NO2S/c16-12(3-4-14-2-1-11-18-14)7-10-17-13-5-8-15-9-6-13/h1-2,11,13,15H,3-10H2. The highest BCUT2D eigenvalue weighted by Crippen LogP contribution is 2.12. The van der Waals surface area contributed by atoms with Crippen molar-refractivity contribution in [3.8, 4) is 0 Å². The molecule has 2 heterocycles. The Balaban J connectivity index is 1.54. The Morgan fingerprint density at radius 1 is 1.39 bits per heavy atom. The molecule has 1 aliphatic heterocycles.